The minimum absolute atomic E-state index is 0.000710. The van der Waals surface area contributed by atoms with Crippen LogP contribution in [0.1, 0.15) is 142 Å². The highest BCUT2D eigenvalue weighted by Gasteiger charge is 2.21. The number of ether oxygens (including phenoxy) is 1. The fraction of sp³-hybridized carbons (Fsp3) is 0.857. The van der Waals surface area contributed by atoms with Crippen LogP contribution in [0, 0.1) is 5.92 Å². The van der Waals surface area contributed by atoms with Crippen LogP contribution in [0.4, 0.5) is 0 Å². The summed E-state index contributed by atoms with van der Waals surface area (Å²) in [5.74, 6) is -1.87. The molecule has 0 fully saturated rings. The zero-order valence-corrected chi connectivity index (χ0v) is 21.3. The summed E-state index contributed by atoms with van der Waals surface area (Å²) in [5.41, 5.74) is 0. The third-order valence-corrected chi connectivity index (χ3v) is 6.04. The molecule has 0 aromatic rings. The lowest BCUT2D eigenvalue weighted by atomic mass is 9.97. The molecular weight excluding hydrogens is 400 g/mol. The fourth-order valence-electron chi connectivity index (χ4n) is 3.96. The van der Waals surface area contributed by atoms with Crippen LogP contribution in [0.3, 0.4) is 0 Å². The topological polar surface area (TPSA) is 63.6 Å². The van der Waals surface area contributed by atoms with E-state index in [0.717, 1.165) is 25.7 Å². The number of unbranched alkanes of at least 4 members (excludes halogenated alkanes) is 15. The average molecular weight is 453 g/mol. The summed E-state index contributed by atoms with van der Waals surface area (Å²) in [6.07, 6.45) is 27.7. The van der Waals surface area contributed by atoms with Gasteiger partial charge in [0.2, 0.25) is 0 Å². The summed E-state index contributed by atoms with van der Waals surface area (Å²) in [5, 5.41) is 9.28. The van der Waals surface area contributed by atoms with Crippen LogP contribution in [-0.2, 0) is 14.3 Å². The molecule has 0 spiro atoms. The molecule has 32 heavy (non-hydrogen) atoms. The van der Waals surface area contributed by atoms with Crippen molar-refractivity contribution in [3.63, 3.8) is 0 Å². The summed E-state index contributed by atoms with van der Waals surface area (Å²) >= 11 is 0. The molecule has 0 rings (SSSR count). The van der Waals surface area contributed by atoms with Crippen molar-refractivity contribution >= 4 is 11.9 Å². The molecule has 0 saturated heterocycles. The Morgan fingerprint density at radius 2 is 1.16 bits per heavy atom. The van der Waals surface area contributed by atoms with Crippen LogP contribution < -0.4 is 0 Å². The van der Waals surface area contributed by atoms with E-state index in [1.165, 1.54) is 89.9 Å². The number of carbonyl (C=O) groups excluding carboxylic acids is 1. The number of carbonyl (C=O) groups is 2. The summed E-state index contributed by atoms with van der Waals surface area (Å²) in [4.78, 5) is 22.9. The summed E-state index contributed by atoms with van der Waals surface area (Å²) in [6, 6.07) is 0. The van der Waals surface area contributed by atoms with E-state index in [0.29, 0.717) is 13.0 Å². The smallest absolute Gasteiger partial charge is 0.307 e. The second-order valence-corrected chi connectivity index (χ2v) is 9.25. The van der Waals surface area contributed by atoms with Crippen LogP contribution in [0.2, 0.25) is 0 Å². The number of carboxylic acid groups (broad SMARTS) is 1. The zero-order valence-electron chi connectivity index (χ0n) is 21.3. The zero-order chi connectivity index (χ0) is 23.7. The van der Waals surface area contributed by atoms with E-state index in [1.54, 1.807) is 0 Å². The van der Waals surface area contributed by atoms with Crippen molar-refractivity contribution in [2.45, 2.75) is 142 Å². The Kier molecular flexibility index (Phi) is 23.3. The number of hydrogen-bond acceptors (Lipinski definition) is 3. The summed E-state index contributed by atoms with van der Waals surface area (Å²) < 4.78 is 5.01. The Hall–Kier alpha value is -1.32. The number of hydrogen-bond donors (Lipinski definition) is 1. The molecule has 1 N–H and O–H groups in total. The standard InChI is InChI=1S/C28H52O4/c1-3-5-6-7-8-9-10-11-12-13-14-15-16-17-18-19-20-21-22-23-26(28(30)31)25-27(29)32-24-4-2/h14-15,26H,3-13,16-25H2,1-2H3,(H,30,31)/b15-14+. The van der Waals surface area contributed by atoms with Crippen molar-refractivity contribution in [2.24, 2.45) is 5.92 Å². The second-order valence-electron chi connectivity index (χ2n) is 9.25. The van der Waals surface area contributed by atoms with Gasteiger partial charge in [-0.05, 0) is 38.5 Å². The maximum Gasteiger partial charge on any atom is 0.307 e. The Labute approximate surface area is 198 Å². The SMILES string of the molecule is CCCCCCCCCCC/C=C/CCCCCCCCC(CC(=O)OCCC)C(=O)O. The summed E-state index contributed by atoms with van der Waals surface area (Å²) in [7, 11) is 0. The van der Waals surface area contributed by atoms with Gasteiger partial charge in [-0.15, -0.1) is 0 Å². The molecule has 0 amide bonds. The highest BCUT2D eigenvalue weighted by Crippen LogP contribution is 2.17. The van der Waals surface area contributed by atoms with Crippen LogP contribution in [0.5, 0.6) is 0 Å². The maximum absolute atomic E-state index is 11.6. The van der Waals surface area contributed by atoms with Gasteiger partial charge in [-0.25, -0.2) is 0 Å². The van der Waals surface area contributed by atoms with E-state index >= 15 is 0 Å². The van der Waals surface area contributed by atoms with Gasteiger partial charge in [-0.3, -0.25) is 9.59 Å². The van der Waals surface area contributed by atoms with Crippen LogP contribution >= 0.6 is 0 Å². The van der Waals surface area contributed by atoms with E-state index in [4.69, 9.17) is 4.74 Å². The van der Waals surface area contributed by atoms with E-state index in [2.05, 4.69) is 19.1 Å². The van der Waals surface area contributed by atoms with Gasteiger partial charge in [0.25, 0.3) is 0 Å². The van der Waals surface area contributed by atoms with Gasteiger partial charge in [0.15, 0.2) is 0 Å². The van der Waals surface area contributed by atoms with Gasteiger partial charge in [0, 0.05) is 0 Å². The molecular formula is C28H52O4. The van der Waals surface area contributed by atoms with Crippen molar-refractivity contribution in [2.75, 3.05) is 6.61 Å². The molecule has 0 aromatic carbocycles. The first-order valence-corrected chi connectivity index (χ1v) is 13.6. The van der Waals surface area contributed by atoms with Gasteiger partial charge < -0.3 is 9.84 Å². The summed E-state index contributed by atoms with van der Waals surface area (Å²) in [6.45, 7) is 4.57. The van der Waals surface area contributed by atoms with Gasteiger partial charge >= 0.3 is 11.9 Å². The normalized spacial score (nSPS) is 12.3. The van der Waals surface area contributed by atoms with Gasteiger partial charge in [-0.2, -0.15) is 0 Å². The largest absolute Gasteiger partial charge is 0.481 e. The van der Waals surface area contributed by atoms with E-state index in [1.807, 2.05) is 6.92 Å². The monoisotopic (exact) mass is 452 g/mol. The maximum atomic E-state index is 11.6. The highest BCUT2D eigenvalue weighted by atomic mass is 16.5. The van der Waals surface area contributed by atoms with E-state index in [9.17, 15) is 14.7 Å². The molecule has 0 aliphatic rings. The second kappa shape index (κ2) is 24.3. The van der Waals surface area contributed by atoms with Crippen molar-refractivity contribution in [3.05, 3.63) is 12.2 Å². The van der Waals surface area contributed by atoms with Gasteiger partial charge in [0.1, 0.15) is 0 Å². The lowest BCUT2D eigenvalue weighted by Crippen LogP contribution is -2.19. The van der Waals surface area contributed by atoms with Crippen LogP contribution in [0.15, 0.2) is 12.2 Å². The minimum atomic E-state index is -0.882. The Morgan fingerprint density at radius 1 is 0.688 bits per heavy atom. The average Bonchev–Trinajstić information content (AvgIpc) is 2.78. The molecule has 0 aliphatic carbocycles. The number of carboxylic acids is 1. The van der Waals surface area contributed by atoms with Crippen molar-refractivity contribution in [1.82, 2.24) is 0 Å². The number of rotatable bonds is 24. The number of allylic oxidation sites excluding steroid dienone is 2. The van der Waals surface area contributed by atoms with E-state index in [-0.39, 0.29) is 12.4 Å². The highest BCUT2D eigenvalue weighted by molar-refractivity contribution is 5.78. The first kappa shape index (κ1) is 30.7. The predicted octanol–water partition coefficient (Wildman–Crippen LogP) is 8.63. The molecule has 4 heteroatoms. The van der Waals surface area contributed by atoms with Crippen molar-refractivity contribution in [3.8, 4) is 0 Å². The molecule has 0 aliphatic heterocycles. The Bertz CT molecular complexity index is 458. The third kappa shape index (κ3) is 21.9. The first-order valence-electron chi connectivity index (χ1n) is 13.6. The molecule has 0 saturated carbocycles. The lowest BCUT2D eigenvalue weighted by Gasteiger charge is -2.11. The molecule has 0 heterocycles. The molecule has 0 aromatic heterocycles. The molecule has 188 valence electrons. The third-order valence-electron chi connectivity index (χ3n) is 6.04. The molecule has 0 bridgehead atoms. The Balaban J connectivity index is 3.45. The molecule has 1 unspecified atom stereocenters. The predicted molar refractivity (Wildman–Crippen MR) is 135 cm³/mol. The van der Waals surface area contributed by atoms with E-state index < -0.39 is 11.9 Å². The first-order chi connectivity index (χ1) is 15.6. The quantitative estimate of drug-likeness (QED) is 0.0904. The number of aliphatic carboxylic acids is 1. The van der Waals surface area contributed by atoms with Crippen molar-refractivity contribution in [1.29, 1.82) is 0 Å². The van der Waals surface area contributed by atoms with Gasteiger partial charge in [-0.1, -0.05) is 109 Å². The van der Waals surface area contributed by atoms with Crippen LogP contribution in [-0.4, -0.2) is 23.7 Å². The molecule has 1 atom stereocenters. The molecule has 4 nitrogen and oxygen atoms in total. The fourth-order valence-corrected chi connectivity index (χ4v) is 3.96. The minimum Gasteiger partial charge on any atom is -0.481 e. The van der Waals surface area contributed by atoms with Crippen molar-refractivity contribution < 1.29 is 19.4 Å². The number of esters is 1. The lowest BCUT2D eigenvalue weighted by molar-refractivity contribution is -0.151. The Morgan fingerprint density at radius 3 is 1.62 bits per heavy atom. The molecule has 0 radical (unpaired) electrons. The van der Waals surface area contributed by atoms with Gasteiger partial charge in [0.05, 0.1) is 18.9 Å². The van der Waals surface area contributed by atoms with Crippen LogP contribution in [0.25, 0.3) is 0 Å².